The van der Waals surface area contributed by atoms with Crippen LogP contribution in [0, 0.1) is 5.92 Å². The molecule has 0 rings (SSSR count). The summed E-state index contributed by atoms with van der Waals surface area (Å²) >= 11 is 0. The number of carbonyl (C=O) groups is 3. The number of rotatable bonds is 12. The summed E-state index contributed by atoms with van der Waals surface area (Å²) in [5.41, 5.74) is 4.19. The minimum absolute atomic E-state index is 0.0378. The summed E-state index contributed by atoms with van der Waals surface area (Å²) in [7, 11) is 2.87. The number of hydrogen-bond acceptors (Lipinski definition) is 6. The Morgan fingerprint density at radius 1 is 1.04 bits per heavy atom. The zero-order valence-electron chi connectivity index (χ0n) is 17.0. The molecule has 0 saturated carbocycles. The van der Waals surface area contributed by atoms with Gasteiger partial charge in [-0.2, -0.15) is 0 Å². The highest BCUT2D eigenvalue weighted by atomic mass is 16.3. The van der Waals surface area contributed by atoms with Crippen LogP contribution in [0.1, 0.15) is 46.5 Å². The third kappa shape index (κ3) is 8.23. The summed E-state index contributed by atoms with van der Waals surface area (Å²) in [4.78, 5) is 39.6. The van der Waals surface area contributed by atoms with Gasteiger partial charge in [0.2, 0.25) is 17.7 Å². The maximum absolute atomic E-state index is 13.1. The molecule has 0 aromatic heterocycles. The summed E-state index contributed by atoms with van der Waals surface area (Å²) < 4.78 is 0. The first-order chi connectivity index (χ1) is 12.4. The molecule has 0 spiro atoms. The van der Waals surface area contributed by atoms with E-state index in [1.807, 2.05) is 6.92 Å². The van der Waals surface area contributed by atoms with Gasteiger partial charge >= 0.3 is 0 Å². The van der Waals surface area contributed by atoms with Crippen molar-refractivity contribution in [2.24, 2.45) is 11.7 Å². The van der Waals surface area contributed by atoms with E-state index in [0.29, 0.717) is 6.42 Å². The second kappa shape index (κ2) is 11.2. The van der Waals surface area contributed by atoms with Crippen molar-refractivity contribution in [3.05, 3.63) is 0 Å². The van der Waals surface area contributed by atoms with Crippen LogP contribution in [0.5, 0.6) is 0 Å². The largest absolute Gasteiger partial charge is 0.396 e. The first kappa shape index (κ1) is 25.3. The van der Waals surface area contributed by atoms with Crippen molar-refractivity contribution in [1.29, 1.82) is 0 Å². The van der Waals surface area contributed by atoms with Crippen molar-refractivity contribution in [1.82, 2.24) is 9.80 Å². The van der Waals surface area contributed by atoms with Gasteiger partial charge in [0.1, 0.15) is 12.1 Å². The first-order valence-electron chi connectivity index (χ1n) is 9.15. The van der Waals surface area contributed by atoms with E-state index in [0.717, 1.165) is 4.90 Å². The van der Waals surface area contributed by atoms with Crippen LogP contribution >= 0.6 is 0 Å². The first-order valence-corrected chi connectivity index (χ1v) is 9.15. The molecule has 0 heterocycles. The van der Waals surface area contributed by atoms with Crippen LogP contribution in [0.3, 0.4) is 0 Å². The fourth-order valence-corrected chi connectivity index (χ4v) is 2.80. The highest BCUT2D eigenvalue weighted by molar-refractivity contribution is 5.91. The van der Waals surface area contributed by atoms with Gasteiger partial charge in [0, 0.05) is 46.1 Å². The lowest BCUT2D eigenvalue weighted by atomic mass is 9.95. The van der Waals surface area contributed by atoms with Crippen LogP contribution in [-0.4, -0.2) is 87.8 Å². The van der Waals surface area contributed by atoms with E-state index in [-0.39, 0.29) is 38.4 Å². The summed E-state index contributed by atoms with van der Waals surface area (Å²) in [5, 5.41) is 28.8. The monoisotopic (exact) mass is 389 g/mol. The van der Waals surface area contributed by atoms with Crippen molar-refractivity contribution < 1.29 is 29.7 Å². The second-order valence-corrected chi connectivity index (χ2v) is 7.62. The molecule has 0 bridgehead atoms. The highest BCUT2D eigenvalue weighted by Gasteiger charge is 2.37. The third-order valence-electron chi connectivity index (χ3n) is 4.52. The number of nitrogens with two attached hydrogens (primary N) is 1. The Bertz CT molecular complexity index is 502. The Morgan fingerprint density at radius 2 is 1.56 bits per heavy atom. The quantitative estimate of drug-likeness (QED) is 0.340. The van der Waals surface area contributed by atoms with Gasteiger partial charge in [-0.25, -0.2) is 0 Å². The molecule has 0 fully saturated rings. The van der Waals surface area contributed by atoms with Gasteiger partial charge in [-0.15, -0.1) is 0 Å². The van der Waals surface area contributed by atoms with E-state index >= 15 is 0 Å². The fourth-order valence-electron chi connectivity index (χ4n) is 2.80. The molecule has 5 N–H and O–H groups in total. The molecule has 0 aliphatic heterocycles. The number of hydrogen-bond donors (Lipinski definition) is 4. The van der Waals surface area contributed by atoms with Crippen LogP contribution < -0.4 is 5.73 Å². The van der Waals surface area contributed by atoms with E-state index < -0.39 is 35.4 Å². The van der Waals surface area contributed by atoms with E-state index in [1.54, 1.807) is 0 Å². The maximum atomic E-state index is 13.1. The van der Waals surface area contributed by atoms with Crippen molar-refractivity contribution in [2.75, 3.05) is 27.3 Å². The number of carbonyl (C=O) groups excluding carboxylic acids is 3. The lowest BCUT2D eigenvalue weighted by Crippen LogP contribution is -2.56. The van der Waals surface area contributed by atoms with Crippen LogP contribution in [0.4, 0.5) is 0 Å². The summed E-state index contributed by atoms with van der Waals surface area (Å²) in [5.74, 6) is -2.15. The van der Waals surface area contributed by atoms with E-state index in [1.165, 1.54) is 32.8 Å². The van der Waals surface area contributed by atoms with Gasteiger partial charge in [-0.05, 0) is 26.7 Å². The molecule has 0 aromatic rings. The Hall–Kier alpha value is -1.71. The molecule has 3 amide bonds. The molecule has 0 aliphatic carbocycles. The molecule has 0 radical (unpaired) electrons. The second-order valence-electron chi connectivity index (χ2n) is 7.62. The molecule has 9 heteroatoms. The summed E-state index contributed by atoms with van der Waals surface area (Å²) in [6, 6.07) is -2.03. The third-order valence-corrected chi connectivity index (χ3v) is 4.52. The van der Waals surface area contributed by atoms with Crippen LogP contribution in [0.25, 0.3) is 0 Å². The number of aliphatic hydroxyl groups is 3. The normalized spacial score (nSPS) is 14.0. The molecular formula is C18H35N3O6. The number of aliphatic hydroxyl groups excluding tert-OH is 2. The smallest absolute Gasteiger partial charge is 0.245 e. The van der Waals surface area contributed by atoms with Gasteiger partial charge in [-0.3, -0.25) is 14.4 Å². The molecule has 0 saturated heterocycles. The lowest BCUT2D eigenvalue weighted by molar-refractivity contribution is -0.149. The molecule has 158 valence electrons. The molecule has 27 heavy (non-hydrogen) atoms. The maximum Gasteiger partial charge on any atom is 0.245 e. The highest BCUT2D eigenvalue weighted by Crippen LogP contribution is 2.20. The lowest BCUT2D eigenvalue weighted by Gasteiger charge is -2.36. The van der Waals surface area contributed by atoms with Crippen LogP contribution in [-0.2, 0) is 14.4 Å². The molecular weight excluding hydrogens is 354 g/mol. The number of primary amides is 1. The number of nitrogens with zero attached hydrogens (tertiary/aromatic N) is 2. The topological polar surface area (TPSA) is 144 Å². The van der Waals surface area contributed by atoms with Crippen molar-refractivity contribution in [3.63, 3.8) is 0 Å². The average Bonchev–Trinajstić information content (AvgIpc) is 2.58. The summed E-state index contributed by atoms with van der Waals surface area (Å²) in [6.45, 7) is 4.16. The fraction of sp³-hybridized carbons (Fsp3) is 0.833. The zero-order chi connectivity index (χ0) is 21.4. The molecule has 0 aromatic carbocycles. The minimum atomic E-state index is -1.23. The number of likely N-dealkylation sites (N-methyl/N-ethyl adjacent to an activating group) is 2. The molecule has 2 atom stereocenters. The van der Waals surface area contributed by atoms with E-state index in [4.69, 9.17) is 5.73 Å². The minimum Gasteiger partial charge on any atom is -0.396 e. The molecule has 0 unspecified atom stereocenters. The average molecular weight is 389 g/mol. The van der Waals surface area contributed by atoms with Crippen LogP contribution in [0.15, 0.2) is 0 Å². The van der Waals surface area contributed by atoms with Crippen molar-refractivity contribution >= 4 is 17.7 Å². The number of amides is 3. The predicted molar refractivity (Wildman–Crippen MR) is 100 cm³/mol. The Labute approximate surface area is 161 Å². The van der Waals surface area contributed by atoms with Gasteiger partial charge < -0.3 is 30.9 Å². The predicted octanol–water partition coefficient (Wildman–Crippen LogP) is -0.922. The molecule has 0 aliphatic rings. The van der Waals surface area contributed by atoms with E-state index in [9.17, 15) is 29.7 Å². The summed E-state index contributed by atoms with van der Waals surface area (Å²) in [6.07, 6.45) is 0.825. The van der Waals surface area contributed by atoms with Crippen molar-refractivity contribution in [2.45, 2.75) is 64.1 Å². The Balaban J connectivity index is 5.68. The van der Waals surface area contributed by atoms with Gasteiger partial charge in [0.15, 0.2) is 0 Å². The van der Waals surface area contributed by atoms with Gasteiger partial charge in [0.05, 0.1) is 5.60 Å². The van der Waals surface area contributed by atoms with Gasteiger partial charge in [0.25, 0.3) is 0 Å². The Kier molecular flexibility index (Phi) is 10.5. The van der Waals surface area contributed by atoms with Crippen molar-refractivity contribution in [3.8, 4) is 0 Å². The van der Waals surface area contributed by atoms with Crippen LogP contribution in [0.2, 0.25) is 0 Å². The standard InChI is InChI=1S/C18H35N3O6/c1-6-7-15(24)20(4)13(8-12(10-22)11-23)17(26)21(5)14(16(19)25)9-18(2,3)27/h12-14,22-23,27H,6-11H2,1-5H3,(H2,19,25)/t13-,14+/m1/s1. The van der Waals surface area contributed by atoms with E-state index in [2.05, 4.69) is 0 Å². The Morgan fingerprint density at radius 3 is 1.93 bits per heavy atom. The molecule has 9 nitrogen and oxygen atoms in total. The zero-order valence-corrected chi connectivity index (χ0v) is 17.0. The SMILES string of the molecule is CCCC(=O)N(C)[C@H](CC(CO)CO)C(=O)N(C)[C@@H](CC(C)(C)O)C(N)=O. The van der Waals surface area contributed by atoms with Gasteiger partial charge in [-0.1, -0.05) is 6.92 Å².